The molecule has 1 N–H and O–H groups in total. The van der Waals surface area contributed by atoms with E-state index in [1.54, 1.807) is 48.5 Å². The molecule has 3 aromatic carbocycles. The molecule has 0 radical (unpaired) electrons. The van der Waals surface area contributed by atoms with Crippen LogP contribution in [0.15, 0.2) is 78.4 Å². The predicted octanol–water partition coefficient (Wildman–Crippen LogP) is 5.84. The smallest absolute Gasteiger partial charge is 0.338 e. The number of aliphatic hydroxyl groups excluding tert-OH is 1. The van der Waals surface area contributed by atoms with Crippen LogP contribution in [0.25, 0.3) is 5.76 Å². The molecule has 0 bridgehead atoms. The Labute approximate surface area is 208 Å². The van der Waals surface area contributed by atoms with Gasteiger partial charge in [0.25, 0.3) is 11.7 Å². The summed E-state index contributed by atoms with van der Waals surface area (Å²) >= 11 is 5.98. The molecule has 7 heteroatoms. The lowest BCUT2D eigenvalue weighted by Crippen LogP contribution is -2.29. The third-order valence-electron chi connectivity index (χ3n) is 5.74. The van der Waals surface area contributed by atoms with Gasteiger partial charge in [-0.05, 0) is 67.4 Å². The second kappa shape index (κ2) is 10.2. The lowest BCUT2D eigenvalue weighted by Gasteiger charge is -2.26. The summed E-state index contributed by atoms with van der Waals surface area (Å²) in [6.07, 6.45) is 0.707. The van der Waals surface area contributed by atoms with Crippen molar-refractivity contribution in [3.8, 4) is 0 Å². The number of carbonyl (C=O) groups is 3. The maximum atomic E-state index is 13.3. The van der Waals surface area contributed by atoms with E-state index in [-0.39, 0.29) is 11.3 Å². The highest BCUT2D eigenvalue weighted by Crippen LogP contribution is 2.42. The van der Waals surface area contributed by atoms with Crippen molar-refractivity contribution in [2.75, 3.05) is 11.5 Å². The first-order valence-electron chi connectivity index (χ1n) is 11.2. The molecule has 0 aromatic heterocycles. The van der Waals surface area contributed by atoms with Gasteiger partial charge in [-0.25, -0.2) is 4.79 Å². The molecular weight excluding hydrogens is 466 g/mol. The van der Waals surface area contributed by atoms with Crippen molar-refractivity contribution < 1.29 is 24.2 Å². The lowest BCUT2D eigenvalue weighted by atomic mass is 9.94. The highest BCUT2D eigenvalue weighted by molar-refractivity contribution is 6.51. The number of amides is 1. The number of ketones is 1. The SMILES string of the molecule is CCCOC(=O)c1ccc(N2C(=O)C(=O)/C(=C(/O)c3ccc(Cl)cc3)C2c2cccc(C)c2)cc1. The average Bonchev–Trinajstić information content (AvgIpc) is 3.13. The number of hydrogen-bond acceptors (Lipinski definition) is 5. The molecule has 0 saturated carbocycles. The standard InChI is InChI=1S/C28H24ClNO5/c1-3-15-35-28(34)19-9-13-22(14-10-19)30-24(20-6-4-5-17(2)16-20)23(26(32)27(30)33)25(31)18-7-11-21(29)12-8-18/h4-14,16,24,31H,3,15H2,1-2H3/b25-23+. The molecule has 0 spiro atoms. The van der Waals surface area contributed by atoms with Gasteiger partial charge in [-0.1, -0.05) is 48.4 Å². The van der Waals surface area contributed by atoms with Crippen LogP contribution in [0.3, 0.4) is 0 Å². The van der Waals surface area contributed by atoms with Crippen molar-refractivity contribution in [1.82, 2.24) is 0 Å². The van der Waals surface area contributed by atoms with E-state index in [1.807, 2.05) is 38.1 Å². The molecular formula is C28H24ClNO5. The highest BCUT2D eigenvalue weighted by atomic mass is 35.5. The molecule has 35 heavy (non-hydrogen) atoms. The van der Waals surface area contributed by atoms with Gasteiger partial charge in [-0.3, -0.25) is 14.5 Å². The molecule has 1 saturated heterocycles. The molecule has 0 aliphatic carbocycles. The minimum Gasteiger partial charge on any atom is -0.507 e. The van der Waals surface area contributed by atoms with Crippen LogP contribution < -0.4 is 4.90 Å². The Morgan fingerprint density at radius 3 is 2.29 bits per heavy atom. The van der Waals surface area contributed by atoms with E-state index in [0.29, 0.717) is 40.4 Å². The van der Waals surface area contributed by atoms with Crippen molar-refractivity contribution in [3.63, 3.8) is 0 Å². The summed E-state index contributed by atoms with van der Waals surface area (Å²) in [5.41, 5.74) is 2.72. The number of benzene rings is 3. The Balaban J connectivity index is 1.83. The third-order valence-corrected chi connectivity index (χ3v) is 5.99. The highest BCUT2D eigenvalue weighted by Gasteiger charge is 2.47. The van der Waals surface area contributed by atoms with Gasteiger partial charge < -0.3 is 9.84 Å². The fraction of sp³-hybridized carbons (Fsp3) is 0.179. The van der Waals surface area contributed by atoms with E-state index >= 15 is 0 Å². The molecule has 3 aromatic rings. The number of halogens is 1. The predicted molar refractivity (Wildman–Crippen MR) is 134 cm³/mol. The monoisotopic (exact) mass is 489 g/mol. The maximum absolute atomic E-state index is 13.3. The summed E-state index contributed by atoms with van der Waals surface area (Å²) in [4.78, 5) is 40.0. The Bertz CT molecular complexity index is 1310. The number of aliphatic hydroxyl groups is 1. The minimum atomic E-state index is -0.858. The quantitative estimate of drug-likeness (QED) is 0.203. The molecule has 1 atom stereocenters. The Hall–Kier alpha value is -3.90. The zero-order valence-corrected chi connectivity index (χ0v) is 20.1. The summed E-state index contributed by atoms with van der Waals surface area (Å²) in [6, 6.07) is 19.3. The number of aryl methyl sites for hydroxylation is 1. The number of rotatable bonds is 6. The van der Waals surface area contributed by atoms with Crippen molar-refractivity contribution in [2.24, 2.45) is 0 Å². The zero-order chi connectivity index (χ0) is 25.1. The Morgan fingerprint density at radius 2 is 1.66 bits per heavy atom. The van der Waals surface area contributed by atoms with E-state index in [0.717, 1.165) is 5.56 Å². The van der Waals surface area contributed by atoms with E-state index in [2.05, 4.69) is 0 Å². The molecule has 1 fully saturated rings. The van der Waals surface area contributed by atoms with Crippen molar-refractivity contribution >= 4 is 40.7 Å². The van der Waals surface area contributed by atoms with Crippen LogP contribution in [0.1, 0.15) is 46.4 Å². The summed E-state index contributed by atoms with van der Waals surface area (Å²) in [7, 11) is 0. The minimum absolute atomic E-state index is 0.0191. The van der Waals surface area contributed by atoms with Crippen LogP contribution in [0, 0.1) is 6.92 Å². The van der Waals surface area contributed by atoms with Gasteiger partial charge in [-0.15, -0.1) is 0 Å². The molecule has 1 amide bonds. The zero-order valence-electron chi connectivity index (χ0n) is 19.3. The number of ether oxygens (including phenoxy) is 1. The van der Waals surface area contributed by atoms with Crippen LogP contribution in [0.4, 0.5) is 5.69 Å². The van der Waals surface area contributed by atoms with Gasteiger partial charge in [0.2, 0.25) is 0 Å². The summed E-state index contributed by atoms with van der Waals surface area (Å²) < 4.78 is 5.17. The topological polar surface area (TPSA) is 83.9 Å². The van der Waals surface area contributed by atoms with E-state index in [9.17, 15) is 19.5 Å². The van der Waals surface area contributed by atoms with E-state index in [1.165, 1.54) is 4.90 Å². The second-order valence-corrected chi connectivity index (χ2v) is 8.71. The van der Waals surface area contributed by atoms with Crippen LogP contribution in [-0.2, 0) is 14.3 Å². The number of esters is 1. The number of hydrogen-bond donors (Lipinski definition) is 1. The number of nitrogens with zero attached hydrogens (tertiary/aromatic N) is 1. The number of Topliss-reactive ketones (excluding diaryl/α,β-unsaturated/α-hetero) is 1. The van der Waals surface area contributed by atoms with Gasteiger partial charge in [0.1, 0.15) is 5.76 Å². The van der Waals surface area contributed by atoms with Crippen molar-refractivity contribution in [3.05, 3.63) is 106 Å². The molecule has 1 unspecified atom stereocenters. The first-order valence-corrected chi connectivity index (χ1v) is 11.6. The molecule has 1 aliphatic heterocycles. The maximum Gasteiger partial charge on any atom is 0.338 e. The first kappa shape index (κ1) is 24.2. The normalized spacial score (nSPS) is 17.0. The van der Waals surface area contributed by atoms with Crippen molar-refractivity contribution in [1.29, 1.82) is 0 Å². The van der Waals surface area contributed by atoms with Gasteiger partial charge in [-0.2, -0.15) is 0 Å². The molecule has 178 valence electrons. The third kappa shape index (κ3) is 4.84. The van der Waals surface area contributed by atoms with Crippen molar-refractivity contribution in [2.45, 2.75) is 26.3 Å². The first-order chi connectivity index (χ1) is 16.8. The lowest BCUT2D eigenvalue weighted by molar-refractivity contribution is -0.132. The summed E-state index contributed by atoms with van der Waals surface area (Å²) in [5.74, 6) is -2.31. The fourth-order valence-corrected chi connectivity index (χ4v) is 4.18. The molecule has 4 rings (SSSR count). The van der Waals surface area contributed by atoms with E-state index < -0.39 is 23.7 Å². The molecule has 1 heterocycles. The number of carbonyl (C=O) groups excluding carboxylic acids is 3. The van der Waals surface area contributed by atoms with Gasteiger partial charge in [0.05, 0.1) is 23.8 Å². The van der Waals surface area contributed by atoms with E-state index in [4.69, 9.17) is 16.3 Å². The molecule has 1 aliphatic rings. The second-order valence-electron chi connectivity index (χ2n) is 8.27. The van der Waals surface area contributed by atoms with Crippen LogP contribution in [-0.4, -0.2) is 29.4 Å². The largest absolute Gasteiger partial charge is 0.507 e. The Kier molecular flexibility index (Phi) is 7.03. The summed E-state index contributed by atoms with van der Waals surface area (Å²) in [6.45, 7) is 4.13. The molecule has 6 nitrogen and oxygen atoms in total. The van der Waals surface area contributed by atoms with Crippen LogP contribution in [0.2, 0.25) is 5.02 Å². The number of anilines is 1. The van der Waals surface area contributed by atoms with Gasteiger partial charge in [0.15, 0.2) is 0 Å². The van der Waals surface area contributed by atoms with Crippen LogP contribution in [0.5, 0.6) is 0 Å². The van der Waals surface area contributed by atoms with Gasteiger partial charge in [0, 0.05) is 16.3 Å². The van der Waals surface area contributed by atoms with Crippen LogP contribution >= 0.6 is 11.6 Å². The van der Waals surface area contributed by atoms with Gasteiger partial charge >= 0.3 is 5.97 Å². The fourth-order valence-electron chi connectivity index (χ4n) is 4.05. The summed E-state index contributed by atoms with van der Waals surface area (Å²) in [5, 5.41) is 11.6. The average molecular weight is 490 g/mol. The Morgan fingerprint density at radius 1 is 1.00 bits per heavy atom.